The van der Waals surface area contributed by atoms with Crippen molar-refractivity contribution in [2.45, 2.75) is 18.6 Å². The Morgan fingerprint density at radius 1 is 1.14 bits per heavy atom. The van der Waals surface area contributed by atoms with Gasteiger partial charge in [-0.15, -0.1) is 0 Å². The van der Waals surface area contributed by atoms with E-state index in [0.717, 1.165) is 5.56 Å². The van der Waals surface area contributed by atoms with Gasteiger partial charge in [0, 0.05) is 18.6 Å². The molecule has 2 N–H and O–H groups in total. The van der Waals surface area contributed by atoms with Crippen LogP contribution in [-0.4, -0.2) is 17.1 Å². The maximum Gasteiger partial charge on any atom is 0.257 e. The quantitative estimate of drug-likeness (QED) is 0.895. The normalized spacial score (nSPS) is 19.8. The third-order valence-corrected chi connectivity index (χ3v) is 3.72. The van der Waals surface area contributed by atoms with E-state index in [0.29, 0.717) is 24.1 Å². The van der Waals surface area contributed by atoms with Crippen molar-refractivity contribution < 1.29 is 23.1 Å². The van der Waals surface area contributed by atoms with E-state index in [1.807, 2.05) is 6.07 Å². The topological polar surface area (TPSA) is 49.3 Å². The molecule has 2 aromatic carbocycles. The minimum absolute atomic E-state index is 0.343. The molecule has 0 spiro atoms. The number of aliphatic hydroxyl groups excluding tert-OH is 1. The molecule has 2 atom stereocenters. The van der Waals surface area contributed by atoms with Crippen LogP contribution >= 0.6 is 0 Å². The van der Waals surface area contributed by atoms with Gasteiger partial charge in [0.2, 0.25) is 0 Å². The molecule has 3 nitrogen and oxygen atoms in total. The molecule has 3 rings (SSSR count). The van der Waals surface area contributed by atoms with Gasteiger partial charge in [-0.2, -0.15) is 0 Å². The molecule has 1 aliphatic rings. The molecule has 0 aromatic heterocycles. The van der Waals surface area contributed by atoms with E-state index >= 15 is 0 Å². The Kier molecular flexibility index (Phi) is 3.62. The number of carbonyl (C=O) groups excluding carboxylic acids is 1. The van der Waals surface area contributed by atoms with Crippen LogP contribution in [0.2, 0.25) is 0 Å². The van der Waals surface area contributed by atoms with Crippen molar-refractivity contribution in [2.75, 3.05) is 0 Å². The van der Waals surface area contributed by atoms with Crippen molar-refractivity contribution in [3.63, 3.8) is 0 Å². The van der Waals surface area contributed by atoms with Gasteiger partial charge >= 0.3 is 0 Å². The summed E-state index contributed by atoms with van der Waals surface area (Å²) in [7, 11) is 0. The summed E-state index contributed by atoms with van der Waals surface area (Å²) < 4.78 is 40.1. The lowest BCUT2D eigenvalue weighted by molar-refractivity contribution is 0.0850. The second-order valence-electron chi connectivity index (χ2n) is 5.17. The second kappa shape index (κ2) is 5.46. The molecule has 0 saturated heterocycles. The number of hydrogen-bond donors (Lipinski definition) is 2. The molecule has 0 fully saturated rings. The average Bonchev–Trinajstić information content (AvgIpc) is 2.74. The summed E-state index contributed by atoms with van der Waals surface area (Å²) in [5.41, 5.74) is 0.699. The molecule has 6 heteroatoms. The van der Waals surface area contributed by atoms with Crippen molar-refractivity contribution in [3.05, 3.63) is 70.5 Å². The third kappa shape index (κ3) is 2.46. The van der Waals surface area contributed by atoms with Gasteiger partial charge in [-0.05, 0) is 11.1 Å². The molecule has 0 radical (unpaired) electrons. The SMILES string of the molecule is O=C(NC1c2ccccc2CC1O)c1c(F)cc(F)cc1F. The fourth-order valence-corrected chi connectivity index (χ4v) is 2.72. The molecule has 22 heavy (non-hydrogen) atoms. The summed E-state index contributed by atoms with van der Waals surface area (Å²) in [5.74, 6) is -4.69. The van der Waals surface area contributed by atoms with E-state index in [4.69, 9.17) is 0 Å². The molecule has 114 valence electrons. The van der Waals surface area contributed by atoms with Gasteiger partial charge < -0.3 is 10.4 Å². The van der Waals surface area contributed by atoms with Crippen LogP contribution in [0.5, 0.6) is 0 Å². The molecule has 0 bridgehead atoms. The summed E-state index contributed by atoms with van der Waals surface area (Å²) in [6.45, 7) is 0. The van der Waals surface area contributed by atoms with E-state index < -0.39 is 41.1 Å². The Hall–Kier alpha value is -2.34. The first-order chi connectivity index (χ1) is 10.5. The number of aliphatic hydroxyl groups is 1. The van der Waals surface area contributed by atoms with Gasteiger partial charge in [0.25, 0.3) is 5.91 Å². The van der Waals surface area contributed by atoms with E-state index in [2.05, 4.69) is 5.32 Å². The minimum Gasteiger partial charge on any atom is -0.390 e. The van der Waals surface area contributed by atoms with Crippen LogP contribution in [0.15, 0.2) is 36.4 Å². The maximum atomic E-state index is 13.6. The van der Waals surface area contributed by atoms with Gasteiger partial charge in [0.1, 0.15) is 23.0 Å². The first-order valence-corrected chi connectivity index (χ1v) is 6.68. The van der Waals surface area contributed by atoms with Crippen LogP contribution < -0.4 is 5.32 Å². The predicted molar refractivity (Wildman–Crippen MR) is 72.7 cm³/mol. The number of amides is 1. The predicted octanol–water partition coefficient (Wildman–Crippen LogP) is 2.49. The van der Waals surface area contributed by atoms with Crippen molar-refractivity contribution in [2.24, 2.45) is 0 Å². The largest absolute Gasteiger partial charge is 0.390 e. The van der Waals surface area contributed by atoms with Crippen molar-refractivity contribution in [3.8, 4) is 0 Å². The van der Waals surface area contributed by atoms with Gasteiger partial charge in [-0.3, -0.25) is 4.79 Å². The number of halogens is 3. The molecule has 1 amide bonds. The fraction of sp³-hybridized carbons (Fsp3) is 0.188. The van der Waals surface area contributed by atoms with Crippen LogP contribution in [0.3, 0.4) is 0 Å². The Labute approximate surface area is 124 Å². The number of hydrogen-bond acceptors (Lipinski definition) is 2. The lowest BCUT2D eigenvalue weighted by Crippen LogP contribution is -2.34. The van der Waals surface area contributed by atoms with Crippen LogP contribution in [0.25, 0.3) is 0 Å². The summed E-state index contributed by atoms with van der Waals surface area (Å²) in [6.07, 6.45) is -0.539. The lowest BCUT2D eigenvalue weighted by atomic mass is 10.1. The van der Waals surface area contributed by atoms with Crippen molar-refractivity contribution >= 4 is 5.91 Å². The van der Waals surface area contributed by atoms with Crippen molar-refractivity contribution in [1.29, 1.82) is 0 Å². The Morgan fingerprint density at radius 3 is 2.45 bits per heavy atom. The number of fused-ring (bicyclic) bond motifs is 1. The van der Waals surface area contributed by atoms with Gasteiger partial charge in [0.05, 0.1) is 12.1 Å². The standard InChI is InChI=1S/C16H12F3NO2/c17-9-6-11(18)14(12(19)7-9)16(22)20-15-10-4-2-1-3-8(10)5-13(15)21/h1-4,6-7,13,15,21H,5H2,(H,20,22). The molecule has 0 aliphatic heterocycles. The smallest absolute Gasteiger partial charge is 0.257 e. The number of nitrogens with one attached hydrogen (secondary N) is 1. The van der Waals surface area contributed by atoms with Crippen LogP contribution in [0.1, 0.15) is 27.5 Å². The molecule has 2 aromatic rings. The van der Waals surface area contributed by atoms with E-state index in [1.165, 1.54) is 0 Å². The van der Waals surface area contributed by atoms with Gasteiger partial charge in [0.15, 0.2) is 0 Å². The van der Waals surface area contributed by atoms with Gasteiger partial charge in [-0.1, -0.05) is 24.3 Å². The van der Waals surface area contributed by atoms with Crippen LogP contribution in [0.4, 0.5) is 13.2 Å². The maximum absolute atomic E-state index is 13.6. The Morgan fingerprint density at radius 2 is 1.77 bits per heavy atom. The molecule has 0 saturated carbocycles. The summed E-state index contributed by atoms with van der Waals surface area (Å²) in [6, 6.07) is 7.21. The third-order valence-electron chi connectivity index (χ3n) is 3.72. The minimum atomic E-state index is -1.28. The van der Waals surface area contributed by atoms with Gasteiger partial charge in [-0.25, -0.2) is 13.2 Å². The molecule has 0 heterocycles. The zero-order valence-electron chi connectivity index (χ0n) is 11.3. The highest BCUT2D eigenvalue weighted by Crippen LogP contribution is 2.31. The second-order valence-corrected chi connectivity index (χ2v) is 5.17. The number of benzene rings is 2. The van der Waals surface area contributed by atoms with Crippen molar-refractivity contribution in [1.82, 2.24) is 5.32 Å². The number of carbonyl (C=O) groups is 1. The zero-order chi connectivity index (χ0) is 15.9. The van der Waals surface area contributed by atoms with E-state index in [-0.39, 0.29) is 0 Å². The first-order valence-electron chi connectivity index (χ1n) is 6.68. The lowest BCUT2D eigenvalue weighted by Gasteiger charge is -2.18. The van der Waals surface area contributed by atoms with Crippen LogP contribution in [0, 0.1) is 17.5 Å². The molecular formula is C16H12F3NO2. The molecule has 2 unspecified atom stereocenters. The average molecular weight is 307 g/mol. The molecular weight excluding hydrogens is 295 g/mol. The highest BCUT2D eigenvalue weighted by atomic mass is 19.1. The van der Waals surface area contributed by atoms with Crippen LogP contribution in [-0.2, 0) is 6.42 Å². The Balaban J connectivity index is 1.90. The first kappa shape index (κ1) is 14.6. The zero-order valence-corrected chi connectivity index (χ0v) is 11.3. The summed E-state index contributed by atoms with van der Waals surface area (Å²) in [5, 5.41) is 12.4. The highest BCUT2D eigenvalue weighted by molar-refractivity contribution is 5.95. The monoisotopic (exact) mass is 307 g/mol. The molecule has 1 aliphatic carbocycles. The summed E-state index contributed by atoms with van der Waals surface area (Å²) in [4.78, 5) is 12.1. The van der Waals surface area contributed by atoms with E-state index in [1.54, 1.807) is 18.2 Å². The number of rotatable bonds is 2. The fourth-order valence-electron chi connectivity index (χ4n) is 2.72. The summed E-state index contributed by atoms with van der Waals surface area (Å²) >= 11 is 0. The Bertz CT molecular complexity index is 725. The van der Waals surface area contributed by atoms with E-state index in [9.17, 15) is 23.1 Å². The highest BCUT2D eigenvalue weighted by Gasteiger charge is 2.33.